The van der Waals surface area contributed by atoms with Crippen LogP contribution in [0.15, 0.2) is 0 Å². The van der Waals surface area contributed by atoms with E-state index < -0.39 is 0 Å². The lowest BCUT2D eigenvalue weighted by atomic mass is 10.2. The highest BCUT2D eigenvalue weighted by molar-refractivity contribution is 5.28. The van der Waals surface area contributed by atoms with Crippen LogP contribution in [0.2, 0.25) is 0 Å². The number of fused-ring (bicyclic) bond motifs is 1. The second-order valence-corrected chi connectivity index (χ2v) is 4.79. The number of nitrogens with one attached hydrogen (secondary N) is 1. The van der Waals surface area contributed by atoms with Crippen LogP contribution in [0.1, 0.15) is 17.0 Å². The number of aromatic nitrogens is 2. The van der Waals surface area contributed by atoms with Crippen molar-refractivity contribution >= 4 is 0 Å². The van der Waals surface area contributed by atoms with Gasteiger partial charge in [-0.3, -0.25) is 9.58 Å². The molecule has 1 aromatic heterocycles. The van der Waals surface area contributed by atoms with Gasteiger partial charge in [-0.25, -0.2) is 0 Å². The van der Waals surface area contributed by atoms with Crippen LogP contribution in [-0.2, 0) is 24.4 Å². The van der Waals surface area contributed by atoms with Crippen molar-refractivity contribution in [1.29, 1.82) is 0 Å². The average Bonchev–Trinajstić information content (AvgIpc) is 2.92. The largest absolute Gasteiger partial charge is 0.379 e. The van der Waals surface area contributed by atoms with Gasteiger partial charge in [0.1, 0.15) is 0 Å². The Morgan fingerprint density at radius 1 is 1.24 bits per heavy atom. The zero-order valence-corrected chi connectivity index (χ0v) is 10.4. The minimum absolute atomic E-state index is 0.874. The van der Waals surface area contributed by atoms with Crippen molar-refractivity contribution in [1.82, 2.24) is 20.0 Å². The third kappa shape index (κ3) is 2.22. The first-order valence-corrected chi connectivity index (χ1v) is 6.40. The first kappa shape index (κ1) is 11.2. The van der Waals surface area contributed by atoms with E-state index in [1.54, 1.807) is 0 Å². The quantitative estimate of drug-likeness (QED) is 0.810. The van der Waals surface area contributed by atoms with E-state index in [1.807, 2.05) is 0 Å². The van der Waals surface area contributed by atoms with Crippen molar-refractivity contribution in [3.05, 3.63) is 17.0 Å². The van der Waals surface area contributed by atoms with Crippen LogP contribution in [0.4, 0.5) is 0 Å². The first-order chi connectivity index (χ1) is 8.34. The van der Waals surface area contributed by atoms with E-state index >= 15 is 0 Å². The summed E-state index contributed by atoms with van der Waals surface area (Å²) in [4.78, 5) is 2.45. The van der Waals surface area contributed by atoms with Crippen molar-refractivity contribution in [2.75, 3.05) is 32.8 Å². The predicted molar refractivity (Wildman–Crippen MR) is 64.8 cm³/mol. The number of ether oxygens (including phenoxy) is 1. The zero-order valence-electron chi connectivity index (χ0n) is 10.4. The molecular formula is C12H20N4O. The molecule has 2 aliphatic heterocycles. The molecule has 0 amide bonds. The molecule has 1 saturated heterocycles. The maximum Gasteiger partial charge on any atom is 0.0810 e. The second-order valence-electron chi connectivity index (χ2n) is 4.79. The predicted octanol–water partition coefficient (Wildman–Crippen LogP) is 0.127. The van der Waals surface area contributed by atoms with Crippen LogP contribution >= 0.6 is 0 Å². The molecule has 3 rings (SSSR count). The Balaban J connectivity index is 1.61. The Kier molecular flexibility index (Phi) is 3.13. The van der Waals surface area contributed by atoms with Crippen molar-refractivity contribution < 1.29 is 4.74 Å². The van der Waals surface area contributed by atoms with Crippen molar-refractivity contribution in [3.8, 4) is 0 Å². The van der Waals surface area contributed by atoms with Gasteiger partial charge in [-0.15, -0.1) is 0 Å². The summed E-state index contributed by atoms with van der Waals surface area (Å²) < 4.78 is 7.52. The molecule has 0 unspecified atom stereocenters. The minimum Gasteiger partial charge on any atom is -0.379 e. The number of hydrogen-bond donors (Lipinski definition) is 1. The summed E-state index contributed by atoms with van der Waals surface area (Å²) in [6, 6.07) is 0. The van der Waals surface area contributed by atoms with Gasteiger partial charge in [-0.1, -0.05) is 0 Å². The van der Waals surface area contributed by atoms with Gasteiger partial charge in [0, 0.05) is 44.0 Å². The third-order valence-corrected chi connectivity index (χ3v) is 3.74. The van der Waals surface area contributed by atoms with Gasteiger partial charge >= 0.3 is 0 Å². The Morgan fingerprint density at radius 3 is 2.82 bits per heavy atom. The number of rotatable bonds is 3. The maximum absolute atomic E-state index is 5.35. The fraction of sp³-hybridized carbons (Fsp3) is 0.750. The van der Waals surface area contributed by atoms with Gasteiger partial charge in [-0.05, 0) is 6.92 Å². The number of nitrogens with zero attached hydrogens (tertiary/aromatic N) is 3. The minimum atomic E-state index is 0.874. The molecule has 0 saturated carbocycles. The van der Waals surface area contributed by atoms with Crippen molar-refractivity contribution in [3.63, 3.8) is 0 Å². The van der Waals surface area contributed by atoms with E-state index in [-0.39, 0.29) is 0 Å². The van der Waals surface area contributed by atoms with Crippen LogP contribution in [0.25, 0.3) is 0 Å². The normalized spacial score (nSPS) is 20.8. The molecule has 5 nitrogen and oxygen atoms in total. The SMILES string of the molecule is Cc1c2c(nn1CCN1CCOCC1)CNC2. The Hall–Kier alpha value is -0.910. The van der Waals surface area contributed by atoms with Gasteiger partial charge < -0.3 is 10.1 Å². The van der Waals surface area contributed by atoms with E-state index in [2.05, 4.69) is 26.9 Å². The Labute approximate surface area is 102 Å². The van der Waals surface area contributed by atoms with Crippen LogP contribution < -0.4 is 5.32 Å². The summed E-state index contributed by atoms with van der Waals surface area (Å²) in [5.41, 5.74) is 3.98. The molecule has 0 aromatic carbocycles. The molecule has 3 heterocycles. The molecule has 94 valence electrons. The second kappa shape index (κ2) is 4.76. The average molecular weight is 236 g/mol. The van der Waals surface area contributed by atoms with Crippen molar-refractivity contribution in [2.45, 2.75) is 26.6 Å². The highest BCUT2D eigenvalue weighted by atomic mass is 16.5. The van der Waals surface area contributed by atoms with Crippen molar-refractivity contribution in [2.24, 2.45) is 0 Å². The highest BCUT2D eigenvalue weighted by Crippen LogP contribution is 2.18. The number of morpholine rings is 1. The summed E-state index contributed by atoms with van der Waals surface area (Å²) in [7, 11) is 0. The summed E-state index contributed by atoms with van der Waals surface area (Å²) in [5, 5.41) is 8.01. The van der Waals surface area contributed by atoms with Gasteiger partial charge in [0.05, 0.1) is 25.5 Å². The maximum atomic E-state index is 5.35. The molecule has 1 N–H and O–H groups in total. The lowest BCUT2D eigenvalue weighted by Gasteiger charge is -2.26. The lowest BCUT2D eigenvalue weighted by Crippen LogP contribution is -2.38. The molecule has 5 heteroatoms. The van der Waals surface area contributed by atoms with Crippen LogP contribution in [0.3, 0.4) is 0 Å². The molecule has 0 atom stereocenters. The summed E-state index contributed by atoms with van der Waals surface area (Å²) >= 11 is 0. The Morgan fingerprint density at radius 2 is 2.06 bits per heavy atom. The molecule has 17 heavy (non-hydrogen) atoms. The molecule has 1 aromatic rings. The monoisotopic (exact) mass is 236 g/mol. The third-order valence-electron chi connectivity index (χ3n) is 3.74. The van der Waals surface area contributed by atoms with Gasteiger partial charge in [-0.2, -0.15) is 5.10 Å². The molecule has 1 fully saturated rings. The molecule has 0 radical (unpaired) electrons. The molecule has 2 aliphatic rings. The molecule has 0 bridgehead atoms. The van der Waals surface area contributed by atoms with Gasteiger partial charge in [0.2, 0.25) is 0 Å². The summed E-state index contributed by atoms with van der Waals surface area (Å²) in [6.45, 7) is 10.0. The molecule has 0 spiro atoms. The smallest absolute Gasteiger partial charge is 0.0810 e. The number of hydrogen-bond acceptors (Lipinski definition) is 4. The Bertz CT molecular complexity index is 395. The van der Waals surface area contributed by atoms with E-state index in [0.717, 1.165) is 52.5 Å². The van der Waals surface area contributed by atoms with E-state index in [0.29, 0.717) is 0 Å². The zero-order chi connectivity index (χ0) is 11.7. The van der Waals surface area contributed by atoms with Gasteiger partial charge in [0.25, 0.3) is 0 Å². The van der Waals surface area contributed by atoms with Crippen LogP contribution in [0, 0.1) is 6.92 Å². The summed E-state index contributed by atoms with van der Waals surface area (Å²) in [6.07, 6.45) is 0. The van der Waals surface area contributed by atoms with E-state index in [9.17, 15) is 0 Å². The van der Waals surface area contributed by atoms with Crippen LogP contribution in [-0.4, -0.2) is 47.5 Å². The van der Waals surface area contributed by atoms with Crippen LogP contribution in [0.5, 0.6) is 0 Å². The fourth-order valence-electron chi connectivity index (χ4n) is 2.60. The lowest BCUT2D eigenvalue weighted by molar-refractivity contribution is 0.0359. The molecular weight excluding hydrogens is 216 g/mol. The summed E-state index contributed by atoms with van der Waals surface area (Å²) in [5.74, 6) is 0. The molecule has 0 aliphatic carbocycles. The van der Waals surface area contributed by atoms with E-state index in [1.165, 1.54) is 17.0 Å². The first-order valence-electron chi connectivity index (χ1n) is 6.40. The topological polar surface area (TPSA) is 42.3 Å². The standard InChI is InChI=1S/C12H20N4O/c1-10-11-8-13-9-12(11)14-16(10)3-2-15-4-6-17-7-5-15/h13H,2-9H2,1H3. The highest BCUT2D eigenvalue weighted by Gasteiger charge is 2.19. The van der Waals surface area contributed by atoms with E-state index in [4.69, 9.17) is 4.74 Å². The fourth-order valence-corrected chi connectivity index (χ4v) is 2.60. The van der Waals surface area contributed by atoms with Gasteiger partial charge in [0.15, 0.2) is 0 Å².